The van der Waals surface area contributed by atoms with Crippen LogP contribution in [0.4, 0.5) is 0 Å². The Morgan fingerprint density at radius 1 is 0.260 bits per heavy atom. The van der Waals surface area contributed by atoms with Crippen LogP contribution in [0.2, 0.25) is 0 Å². The second-order valence-corrected chi connectivity index (χ2v) is 34.0. The average molecular weight is 1520 g/mol. The predicted molar refractivity (Wildman–Crippen MR) is 428 cm³/mol. The summed E-state index contributed by atoms with van der Waals surface area (Å²) < 4.78 is 68.9. The molecule has 0 saturated heterocycles. The maximum Gasteiger partial charge on any atom is 0.472 e. The first kappa shape index (κ1) is 102. The van der Waals surface area contributed by atoms with E-state index in [1.807, 2.05) is 0 Å². The van der Waals surface area contributed by atoms with Crippen LogP contribution < -0.4 is 0 Å². The first-order valence-corrected chi connectivity index (χ1v) is 47.1. The van der Waals surface area contributed by atoms with E-state index in [1.165, 1.54) is 283 Å². The number of rotatable bonds is 85. The van der Waals surface area contributed by atoms with E-state index in [9.17, 15) is 43.2 Å². The molecule has 0 spiro atoms. The zero-order chi connectivity index (χ0) is 76.2. The summed E-state index contributed by atoms with van der Waals surface area (Å²) in [5, 5.41) is 10.7. The highest BCUT2D eigenvalue weighted by Gasteiger charge is 2.30. The van der Waals surface area contributed by atoms with Gasteiger partial charge in [-0.15, -0.1) is 0 Å². The Balaban J connectivity index is 5.24. The smallest absolute Gasteiger partial charge is 0.462 e. The Morgan fingerprint density at radius 3 is 0.654 bits per heavy atom. The molecule has 0 saturated carbocycles. The maximum atomic E-state index is 13.1. The van der Waals surface area contributed by atoms with Crippen LogP contribution in [0.25, 0.3) is 0 Å². The number of aliphatic hydroxyl groups is 1. The van der Waals surface area contributed by atoms with Crippen LogP contribution in [0.1, 0.15) is 458 Å². The standard InChI is InChI=1S/C85H166O17P2/c1-6-9-12-15-18-21-24-27-28-31-35-40-44-49-54-59-64-69-83(88)96-75-81(102-85(90)71-66-61-56-51-46-41-36-33-30-29-32-34-39-42-47-52-57-62-67-78(4)5)77-100-104(93,94)98-73-79(86)72-97-103(91,92)99-76-80(101-84(89)70-65-60-55-50-45-38-26-23-20-17-14-11-8-3)74-95-82(87)68-63-58-53-48-43-37-25-22-19-16-13-10-7-2/h78-81,86H,6-77H2,1-5H3,(H,91,92)(H,93,94)/t79-,80+,81+/m0/s1. The molecule has 3 N–H and O–H groups in total. The number of phosphoric acid groups is 2. The Kier molecular flexibility index (Phi) is 76.3. The molecule has 0 rings (SSSR count). The molecule has 618 valence electrons. The summed E-state index contributed by atoms with van der Waals surface area (Å²) in [5.74, 6) is -1.28. The average Bonchev–Trinajstić information content (AvgIpc) is 0.903. The molecule has 0 amide bonds. The van der Waals surface area contributed by atoms with Gasteiger partial charge in [-0.2, -0.15) is 0 Å². The summed E-state index contributed by atoms with van der Waals surface area (Å²) in [5.41, 5.74) is 0. The molecule has 5 atom stereocenters. The van der Waals surface area contributed by atoms with Gasteiger partial charge in [-0.05, 0) is 31.6 Å². The number of phosphoric ester groups is 2. The molecule has 0 aliphatic heterocycles. The van der Waals surface area contributed by atoms with E-state index < -0.39 is 97.5 Å². The first-order valence-electron chi connectivity index (χ1n) is 44.1. The van der Waals surface area contributed by atoms with Gasteiger partial charge in [0, 0.05) is 25.7 Å². The molecule has 0 aromatic rings. The molecule has 0 radical (unpaired) electrons. The highest BCUT2D eigenvalue weighted by molar-refractivity contribution is 7.47. The SMILES string of the molecule is CCCCCCCCCCCCCCCCCCCC(=O)OC[C@H](COP(=O)(O)OC[C@@H](O)COP(=O)(O)OC[C@@H](COC(=O)CCCCCCCCCCCCCCC)OC(=O)CCCCCCCCCCCCCCC)OC(=O)CCCCCCCCCCCCCCCCCCCCC(C)C. The van der Waals surface area contributed by atoms with Crippen molar-refractivity contribution in [3.05, 3.63) is 0 Å². The van der Waals surface area contributed by atoms with E-state index in [1.54, 1.807) is 0 Å². The number of carbonyl (C=O) groups excluding carboxylic acids is 4. The van der Waals surface area contributed by atoms with Crippen molar-refractivity contribution in [1.82, 2.24) is 0 Å². The van der Waals surface area contributed by atoms with Gasteiger partial charge in [-0.3, -0.25) is 37.3 Å². The number of esters is 4. The van der Waals surface area contributed by atoms with Gasteiger partial charge in [0.05, 0.1) is 26.4 Å². The Hall–Kier alpha value is -1.94. The second-order valence-electron chi connectivity index (χ2n) is 31.1. The number of unbranched alkanes of at least 4 members (excludes halogenated alkanes) is 57. The van der Waals surface area contributed by atoms with E-state index in [2.05, 4.69) is 34.6 Å². The largest absolute Gasteiger partial charge is 0.472 e. The molecular weight excluding hydrogens is 1350 g/mol. The second kappa shape index (κ2) is 77.8. The van der Waals surface area contributed by atoms with Crippen LogP contribution in [0, 0.1) is 5.92 Å². The molecule has 0 heterocycles. The lowest BCUT2D eigenvalue weighted by molar-refractivity contribution is -0.161. The zero-order valence-corrected chi connectivity index (χ0v) is 70.0. The summed E-state index contributed by atoms with van der Waals surface area (Å²) >= 11 is 0. The number of aliphatic hydroxyl groups excluding tert-OH is 1. The Morgan fingerprint density at radius 2 is 0.442 bits per heavy atom. The van der Waals surface area contributed by atoms with Gasteiger partial charge in [0.15, 0.2) is 12.2 Å². The highest BCUT2D eigenvalue weighted by atomic mass is 31.2. The van der Waals surface area contributed by atoms with Crippen molar-refractivity contribution in [2.75, 3.05) is 39.6 Å². The van der Waals surface area contributed by atoms with Crippen molar-refractivity contribution < 1.29 is 80.2 Å². The van der Waals surface area contributed by atoms with Crippen molar-refractivity contribution in [3.63, 3.8) is 0 Å². The molecule has 0 aliphatic rings. The van der Waals surface area contributed by atoms with Gasteiger partial charge in [0.25, 0.3) is 0 Å². The van der Waals surface area contributed by atoms with E-state index in [0.717, 1.165) is 95.8 Å². The monoisotopic (exact) mass is 1520 g/mol. The van der Waals surface area contributed by atoms with Crippen LogP contribution in [-0.2, 0) is 65.4 Å². The highest BCUT2D eigenvalue weighted by Crippen LogP contribution is 2.45. The summed E-state index contributed by atoms with van der Waals surface area (Å²) in [6, 6.07) is 0. The Bertz CT molecular complexity index is 1980. The fourth-order valence-electron chi connectivity index (χ4n) is 13.3. The van der Waals surface area contributed by atoms with Crippen molar-refractivity contribution in [3.8, 4) is 0 Å². The molecule has 17 nitrogen and oxygen atoms in total. The third-order valence-electron chi connectivity index (χ3n) is 20.0. The van der Waals surface area contributed by atoms with Crippen molar-refractivity contribution in [2.24, 2.45) is 5.92 Å². The van der Waals surface area contributed by atoms with Crippen LogP contribution in [0.15, 0.2) is 0 Å². The molecule has 2 unspecified atom stereocenters. The van der Waals surface area contributed by atoms with Crippen molar-refractivity contribution in [2.45, 2.75) is 477 Å². The number of hydrogen-bond acceptors (Lipinski definition) is 15. The summed E-state index contributed by atoms with van der Waals surface area (Å²) in [6.07, 6.45) is 70.7. The topological polar surface area (TPSA) is 237 Å². The molecule has 0 aromatic heterocycles. The van der Waals surface area contributed by atoms with Gasteiger partial charge in [0.2, 0.25) is 0 Å². The zero-order valence-electron chi connectivity index (χ0n) is 68.2. The number of hydrogen-bond donors (Lipinski definition) is 3. The van der Waals surface area contributed by atoms with Gasteiger partial charge in [-0.1, -0.05) is 407 Å². The van der Waals surface area contributed by atoms with E-state index in [0.29, 0.717) is 25.7 Å². The fourth-order valence-corrected chi connectivity index (χ4v) is 14.9. The summed E-state index contributed by atoms with van der Waals surface area (Å²) in [4.78, 5) is 73.2. The van der Waals surface area contributed by atoms with Crippen molar-refractivity contribution >= 4 is 39.5 Å². The van der Waals surface area contributed by atoms with Crippen LogP contribution in [0.5, 0.6) is 0 Å². The molecule has 0 aromatic carbocycles. The van der Waals surface area contributed by atoms with Crippen LogP contribution >= 0.6 is 15.6 Å². The molecule has 0 aliphatic carbocycles. The quantitative estimate of drug-likeness (QED) is 0.0222. The molecular formula is C85H166O17P2. The van der Waals surface area contributed by atoms with Crippen LogP contribution in [-0.4, -0.2) is 96.7 Å². The summed E-state index contributed by atoms with van der Waals surface area (Å²) in [7, 11) is -9.92. The Labute approximate surface area is 638 Å². The number of ether oxygens (including phenoxy) is 4. The minimum Gasteiger partial charge on any atom is -0.462 e. The van der Waals surface area contributed by atoms with Crippen molar-refractivity contribution in [1.29, 1.82) is 0 Å². The van der Waals surface area contributed by atoms with E-state index in [4.69, 9.17) is 37.0 Å². The predicted octanol–water partition coefficient (Wildman–Crippen LogP) is 26.0. The summed E-state index contributed by atoms with van der Waals surface area (Å²) in [6.45, 7) is 7.40. The van der Waals surface area contributed by atoms with Crippen LogP contribution in [0.3, 0.4) is 0 Å². The number of carbonyl (C=O) groups is 4. The first-order chi connectivity index (χ1) is 50.5. The maximum absolute atomic E-state index is 13.1. The van der Waals surface area contributed by atoms with E-state index in [-0.39, 0.29) is 25.7 Å². The lowest BCUT2D eigenvalue weighted by atomic mass is 10.0. The minimum atomic E-state index is -4.96. The normalized spacial score (nSPS) is 13.8. The van der Waals surface area contributed by atoms with Gasteiger partial charge in [0.1, 0.15) is 19.3 Å². The third-order valence-corrected chi connectivity index (χ3v) is 21.9. The van der Waals surface area contributed by atoms with E-state index >= 15 is 0 Å². The molecule has 104 heavy (non-hydrogen) atoms. The lowest BCUT2D eigenvalue weighted by Gasteiger charge is -2.21. The van der Waals surface area contributed by atoms with Gasteiger partial charge >= 0.3 is 39.5 Å². The van der Waals surface area contributed by atoms with Gasteiger partial charge < -0.3 is 33.8 Å². The third kappa shape index (κ3) is 78.2. The lowest BCUT2D eigenvalue weighted by Crippen LogP contribution is -2.30. The van der Waals surface area contributed by atoms with Gasteiger partial charge in [-0.25, -0.2) is 9.13 Å². The molecule has 0 bridgehead atoms. The molecule has 0 fully saturated rings. The molecule has 19 heteroatoms. The fraction of sp³-hybridized carbons (Fsp3) is 0.953. The minimum absolute atomic E-state index is 0.109.